The summed E-state index contributed by atoms with van der Waals surface area (Å²) in [5.74, 6) is 0.507. The van der Waals surface area contributed by atoms with Gasteiger partial charge in [-0.05, 0) is 27.6 Å². The second-order valence-corrected chi connectivity index (χ2v) is 4.39. The highest BCUT2D eigenvalue weighted by Crippen LogP contribution is 2.27. The maximum Gasteiger partial charge on any atom is 0.179 e. The number of hydrogen-bond donors (Lipinski definition) is 1. The van der Waals surface area contributed by atoms with Crippen molar-refractivity contribution in [2.45, 2.75) is 12.5 Å². The minimum absolute atomic E-state index is 0.381. The van der Waals surface area contributed by atoms with E-state index < -0.39 is 6.10 Å². The molecule has 20 heavy (non-hydrogen) atoms. The van der Waals surface area contributed by atoms with Crippen LogP contribution in [0.25, 0.3) is 11.4 Å². The fourth-order valence-electron chi connectivity index (χ4n) is 2.11. The van der Waals surface area contributed by atoms with Crippen molar-refractivity contribution in [3.8, 4) is 11.4 Å². The molecule has 0 aliphatic heterocycles. The summed E-state index contributed by atoms with van der Waals surface area (Å²) >= 11 is 0. The van der Waals surface area contributed by atoms with Crippen molar-refractivity contribution in [1.29, 1.82) is 0 Å². The molecule has 6 nitrogen and oxygen atoms in total. The third-order valence-electron chi connectivity index (χ3n) is 3.05. The fourth-order valence-corrected chi connectivity index (χ4v) is 2.11. The van der Waals surface area contributed by atoms with Gasteiger partial charge in [0.25, 0.3) is 0 Å². The molecule has 0 saturated heterocycles. The Bertz CT molecular complexity index is 669. The van der Waals surface area contributed by atoms with Gasteiger partial charge in [-0.25, -0.2) is 10.2 Å². The molecule has 1 atom stereocenters. The number of aromatic amines is 1. The van der Waals surface area contributed by atoms with Gasteiger partial charge in [0.15, 0.2) is 5.82 Å². The van der Waals surface area contributed by atoms with Crippen molar-refractivity contribution in [3.63, 3.8) is 0 Å². The Hall–Kier alpha value is -2.60. The summed E-state index contributed by atoms with van der Waals surface area (Å²) in [5, 5.41) is 26.2. The normalized spacial score (nSPS) is 12.2. The van der Waals surface area contributed by atoms with Crippen LogP contribution < -0.4 is 0 Å². The van der Waals surface area contributed by atoms with E-state index in [-0.39, 0.29) is 0 Å². The molecule has 3 rings (SSSR count). The number of hydrogen-bond acceptors (Lipinski definition) is 4. The standard InChI is InChI=1S/C14H12N5O/c20-13(8-10-4-3-7-15-9-10)11-5-1-2-6-12(11)14-16-18-19-17-14/h1-7,9,13H,8H2,(H,16,17,18,19). The van der Waals surface area contributed by atoms with E-state index in [0.717, 1.165) is 11.1 Å². The minimum Gasteiger partial charge on any atom is -0.264 e. The average Bonchev–Trinajstić information content (AvgIpc) is 3.02. The largest absolute Gasteiger partial charge is 0.264 e. The highest BCUT2D eigenvalue weighted by molar-refractivity contribution is 5.60. The first-order valence-electron chi connectivity index (χ1n) is 6.22. The number of nitrogens with zero attached hydrogens (tertiary/aromatic N) is 4. The van der Waals surface area contributed by atoms with Crippen LogP contribution in [0, 0.1) is 0 Å². The molecule has 1 unspecified atom stereocenters. The molecule has 0 aliphatic rings. The summed E-state index contributed by atoms with van der Waals surface area (Å²) < 4.78 is 0. The molecule has 1 N–H and O–H groups in total. The highest BCUT2D eigenvalue weighted by atomic mass is 16.3. The molecule has 0 amide bonds. The van der Waals surface area contributed by atoms with Crippen LogP contribution in [0.15, 0.2) is 48.8 Å². The lowest BCUT2D eigenvalue weighted by molar-refractivity contribution is 0.0898. The lowest BCUT2D eigenvalue weighted by Gasteiger charge is -2.12. The van der Waals surface area contributed by atoms with Crippen LogP contribution in [-0.4, -0.2) is 25.6 Å². The summed E-state index contributed by atoms with van der Waals surface area (Å²) in [6.07, 6.45) is 2.90. The van der Waals surface area contributed by atoms with Gasteiger partial charge < -0.3 is 0 Å². The molecule has 0 spiro atoms. The van der Waals surface area contributed by atoms with E-state index in [1.165, 1.54) is 0 Å². The maximum absolute atomic E-state index is 12.5. The lowest BCUT2D eigenvalue weighted by Crippen LogP contribution is -2.03. The smallest absolute Gasteiger partial charge is 0.179 e. The first kappa shape index (κ1) is 12.4. The molecule has 1 aromatic carbocycles. The summed E-state index contributed by atoms with van der Waals surface area (Å²) in [7, 11) is 0. The quantitative estimate of drug-likeness (QED) is 0.782. The topological polar surface area (TPSA) is 87.2 Å². The SMILES string of the molecule is [O]C(Cc1cccnc1)c1ccccc1-c1nnn[nH]1. The Kier molecular flexibility index (Phi) is 3.47. The zero-order valence-corrected chi connectivity index (χ0v) is 10.6. The fraction of sp³-hybridized carbons (Fsp3) is 0.143. The highest BCUT2D eigenvalue weighted by Gasteiger charge is 2.17. The Morgan fingerprint density at radius 3 is 2.80 bits per heavy atom. The molecule has 2 aromatic heterocycles. The van der Waals surface area contributed by atoms with E-state index >= 15 is 0 Å². The molecule has 2 heterocycles. The molecule has 0 bridgehead atoms. The Morgan fingerprint density at radius 2 is 2.05 bits per heavy atom. The third kappa shape index (κ3) is 2.55. The van der Waals surface area contributed by atoms with E-state index in [2.05, 4.69) is 25.6 Å². The summed E-state index contributed by atoms with van der Waals surface area (Å²) in [4.78, 5) is 4.03. The van der Waals surface area contributed by atoms with Crippen LogP contribution in [0.1, 0.15) is 17.2 Å². The maximum atomic E-state index is 12.5. The van der Waals surface area contributed by atoms with Crippen LogP contribution in [0.3, 0.4) is 0 Å². The molecule has 6 heteroatoms. The van der Waals surface area contributed by atoms with Crippen molar-refractivity contribution >= 4 is 0 Å². The van der Waals surface area contributed by atoms with E-state index in [0.29, 0.717) is 17.8 Å². The number of pyridine rings is 1. The molecular weight excluding hydrogens is 254 g/mol. The van der Waals surface area contributed by atoms with Gasteiger partial charge in [-0.1, -0.05) is 30.3 Å². The van der Waals surface area contributed by atoms with Gasteiger partial charge in [-0.2, -0.15) is 0 Å². The van der Waals surface area contributed by atoms with Crippen LogP contribution in [-0.2, 0) is 11.5 Å². The van der Waals surface area contributed by atoms with Gasteiger partial charge >= 0.3 is 0 Å². The second kappa shape index (κ2) is 5.58. The Morgan fingerprint density at radius 1 is 1.15 bits per heavy atom. The Balaban J connectivity index is 1.90. The van der Waals surface area contributed by atoms with Gasteiger partial charge in [-0.3, -0.25) is 4.98 Å². The van der Waals surface area contributed by atoms with Crippen molar-refractivity contribution in [2.24, 2.45) is 0 Å². The summed E-state index contributed by atoms with van der Waals surface area (Å²) in [5.41, 5.74) is 2.33. The summed E-state index contributed by atoms with van der Waals surface area (Å²) in [6, 6.07) is 11.1. The number of H-pyrrole nitrogens is 1. The minimum atomic E-state index is -0.888. The number of rotatable bonds is 4. The number of nitrogens with one attached hydrogen (secondary N) is 1. The first-order chi connectivity index (χ1) is 9.84. The third-order valence-corrected chi connectivity index (χ3v) is 3.05. The first-order valence-corrected chi connectivity index (χ1v) is 6.22. The van der Waals surface area contributed by atoms with Gasteiger partial charge in [0.2, 0.25) is 0 Å². The van der Waals surface area contributed by atoms with Gasteiger partial charge in [-0.15, -0.1) is 5.10 Å². The van der Waals surface area contributed by atoms with Crippen molar-refractivity contribution in [3.05, 3.63) is 59.9 Å². The van der Waals surface area contributed by atoms with E-state index in [9.17, 15) is 5.11 Å². The van der Waals surface area contributed by atoms with Crippen molar-refractivity contribution in [2.75, 3.05) is 0 Å². The van der Waals surface area contributed by atoms with Gasteiger partial charge in [0.1, 0.15) is 6.10 Å². The molecular formula is C14H12N5O. The molecule has 3 aromatic rings. The average molecular weight is 266 g/mol. The van der Waals surface area contributed by atoms with Crippen LogP contribution in [0.5, 0.6) is 0 Å². The Labute approximate surface area is 115 Å². The number of benzene rings is 1. The van der Waals surface area contributed by atoms with Crippen LogP contribution in [0.4, 0.5) is 0 Å². The van der Waals surface area contributed by atoms with Gasteiger partial charge in [0.05, 0.1) is 0 Å². The monoisotopic (exact) mass is 266 g/mol. The van der Waals surface area contributed by atoms with E-state index in [4.69, 9.17) is 0 Å². The van der Waals surface area contributed by atoms with E-state index in [1.54, 1.807) is 12.4 Å². The van der Waals surface area contributed by atoms with E-state index in [1.807, 2.05) is 36.4 Å². The van der Waals surface area contributed by atoms with Crippen molar-refractivity contribution < 1.29 is 5.11 Å². The van der Waals surface area contributed by atoms with Gasteiger partial charge in [0, 0.05) is 24.4 Å². The molecule has 0 saturated carbocycles. The molecule has 0 fully saturated rings. The number of aromatic nitrogens is 5. The molecule has 0 aliphatic carbocycles. The zero-order valence-electron chi connectivity index (χ0n) is 10.6. The molecule has 1 radical (unpaired) electrons. The lowest BCUT2D eigenvalue weighted by atomic mass is 9.97. The van der Waals surface area contributed by atoms with Crippen molar-refractivity contribution in [1.82, 2.24) is 25.6 Å². The zero-order chi connectivity index (χ0) is 13.8. The predicted molar refractivity (Wildman–Crippen MR) is 71.0 cm³/mol. The van der Waals surface area contributed by atoms with Crippen LogP contribution in [0.2, 0.25) is 0 Å². The molecule has 99 valence electrons. The number of tetrazole rings is 1. The van der Waals surface area contributed by atoms with Crippen LogP contribution >= 0.6 is 0 Å². The summed E-state index contributed by atoms with van der Waals surface area (Å²) in [6.45, 7) is 0. The predicted octanol–water partition coefficient (Wildman–Crippen LogP) is 1.98. The second-order valence-electron chi connectivity index (χ2n) is 4.39.